The summed E-state index contributed by atoms with van der Waals surface area (Å²) in [6.45, 7) is 5.74. The Morgan fingerprint density at radius 3 is 2.09 bits per heavy atom. The van der Waals surface area contributed by atoms with E-state index in [0.29, 0.717) is 18.8 Å². The number of methoxy groups -OCH3 is 1. The van der Waals surface area contributed by atoms with Crippen LogP contribution < -0.4 is 15.4 Å². The topological polar surface area (TPSA) is 93.7 Å². The van der Waals surface area contributed by atoms with Gasteiger partial charge in [0.25, 0.3) is 0 Å². The maximum absolute atomic E-state index is 12.8. The van der Waals surface area contributed by atoms with Crippen molar-refractivity contribution in [3.05, 3.63) is 65.7 Å². The van der Waals surface area contributed by atoms with Gasteiger partial charge in [0.1, 0.15) is 24.4 Å². The van der Waals surface area contributed by atoms with Crippen molar-refractivity contribution in [2.45, 2.75) is 52.3 Å². The Morgan fingerprint density at radius 2 is 1.53 bits per heavy atom. The number of ether oxygens (including phenoxy) is 2. The molecule has 2 amide bonds. The highest BCUT2D eigenvalue weighted by molar-refractivity contribution is 5.90. The standard InChI is InChI=1S/C25H32N2O5/c1-17(2)14-22(26-18(3)28)24(29)27-23(25(30)31-4)15-19-10-12-21(13-11-19)32-16-20-8-6-5-7-9-20/h5-13,17,22-23H,14-16H2,1-4H3,(H,26,28)(H,27,29)/t22-,23-/m0/s1. The van der Waals surface area contributed by atoms with Crippen LogP contribution in [0.1, 0.15) is 38.3 Å². The van der Waals surface area contributed by atoms with E-state index in [1.807, 2.05) is 68.4 Å². The van der Waals surface area contributed by atoms with Crippen LogP contribution in [0, 0.1) is 5.92 Å². The van der Waals surface area contributed by atoms with Crippen LogP contribution in [0.3, 0.4) is 0 Å². The maximum Gasteiger partial charge on any atom is 0.328 e. The number of hydrogen-bond donors (Lipinski definition) is 2. The Labute approximate surface area is 189 Å². The molecule has 2 aromatic rings. The third-order valence-corrected chi connectivity index (χ3v) is 4.81. The van der Waals surface area contributed by atoms with Crippen molar-refractivity contribution >= 4 is 17.8 Å². The van der Waals surface area contributed by atoms with Crippen molar-refractivity contribution in [2.75, 3.05) is 7.11 Å². The molecule has 7 nitrogen and oxygen atoms in total. The summed E-state index contributed by atoms with van der Waals surface area (Å²) in [7, 11) is 1.28. The Bertz CT molecular complexity index is 881. The van der Waals surface area contributed by atoms with E-state index in [9.17, 15) is 14.4 Å². The molecular formula is C25H32N2O5. The molecule has 0 aliphatic rings. The zero-order valence-electron chi connectivity index (χ0n) is 19.1. The average molecular weight is 441 g/mol. The van der Waals surface area contributed by atoms with Gasteiger partial charge in [0.15, 0.2) is 0 Å². The second-order valence-electron chi connectivity index (χ2n) is 8.09. The summed E-state index contributed by atoms with van der Waals surface area (Å²) in [5, 5.41) is 5.38. The first-order valence-corrected chi connectivity index (χ1v) is 10.7. The van der Waals surface area contributed by atoms with Crippen LogP contribution in [0.25, 0.3) is 0 Å². The van der Waals surface area contributed by atoms with E-state index in [0.717, 1.165) is 11.1 Å². The summed E-state index contributed by atoms with van der Waals surface area (Å²) in [6, 6.07) is 15.6. The van der Waals surface area contributed by atoms with Crippen LogP contribution in [-0.2, 0) is 32.1 Å². The molecule has 0 saturated heterocycles. The molecule has 7 heteroatoms. The summed E-state index contributed by atoms with van der Waals surface area (Å²) in [4.78, 5) is 36.5. The average Bonchev–Trinajstić information content (AvgIpc) is 2.77. The summed E-state index contributed by atoms with van der Waals surface area (Å²) in [6.07, 6.45) is 0.721. The second-order valence-corrected chi connectivity index (χ2v) is 8.09. The van der Waals surface area contributed by atoms with Gasteiger partial charge in [-0.25, -0.2) is 4.79 Å². The molecule has 0 aliphatic carbocycles. The summed E-state index contributed by atoms with van der Waals surface area (Å²) in [5.74, 6) is -0.357. The van der Waals surface area contributed by atoms with Gasteiger partial charge in [-0.2, -0.15) is 0 Å². The monoisotopic (exact) mass is 440 g/mol. The van der Waals surface area contributed by atoms with Gasteiger partial charge >= 0.3 is 5.97 Å². The van der Waals surface area contributed by atoms with Crippen molar-refractivity contribution < 1.29 is 23.9 Å². The molecule has 32 heavy (non-hydrogen) atoms. The van der Waals surface area contributed by atoms with Gasteiger partial charge in [-0.15, -0.1) is 0 Å². The largest absolute Gasteiger partial charge is 0.489 e. The molecule has 2 atom stereocenters. The molecule has 172 valence electrons. The van der Waals surface area contributed by atoms with Gasteiger partial charge in [-0.3, -0.25) is 9.59 Å². The zero-order chi connectivity index (χ0) is 23.5. The van der Waals surface area contributed by atoms with Gasteiger partial charge in [0.05, 0.1) is 7.11 Å². The van der Waals surface area contributed by atoms with Gasteiger partial charge < -0.3 is 20.1 Å². The maximum atomic E-state index is 12.8. The molecule has 0 unspecified atom stereocenters. The van der Waals surface area contributed by atoms with E-state index in [1.54, 1.807) is 0 Å². The third kappa shape index (κ3) is 8.41. The number of rotatable bonds is 11. The minimum Gasteiger partial charge on any atom is -0.489 e. The van der Waals surface area contributed by atoms with E-state index in [4.69, 9.17) is 9.47 Å². The van der Waals surface area contributed by atoms with E-state index >= 15 is 0 Å². The van der Waals surface area contributed by atoms with E-state index in [2.05, 4.69) is 10.6 Å². The smallest absolute Gasteiger partial charge is 0.328 e. The predicted molar refractivity (Wildman–Crippen MR) is 122 cm³/mol. The van der Waals surface area contributed by atoms with Crippen LogP contribution in [-0.4, -0.2) is 37.0 Å². The van der Waals surface area contributed by atoms with Crippen molar-refractivity contribution in [3.63, 3.8) is 0 Å². The van der Waals surface area contributed by atoms with Crippen LogP contribution in [0.4, 0.5) is 0 Å². The summed E-state index contributed by atoms with van der Waals surface area (Å²) >= 11 is 0. The first kappa shape index (κ1) is 24.9. The molecule has 0 fully saturated rings. The van der Waals surface area contributed by atoms with Gasteiger partial charge in [-0.05, 0) is 35.6 Å². The first-order valence-electron chi connectivity index (χ1n) is 10.7. The number of hydrogen-bond acceptors (Lipinski definition) is 5. The second kappa shape index (κ2) is 12.5. The minimum absolute atomic E-state index is 0.192. The highest BCUT2D eigenvalue weighted by Gasteiger charge is 2.27. The Hall–Kier alpha value is -3.35. The number of amides is 2. The molecule has 0 saturated carbocycles. The number of carbonyl (C=O) groups is 3. The van der Waals surface area contributed by atoms with Crippen LogP contribution in [0.15, 0.2) is 54.6 Å². The van der Waals surface area contributed by atoms with Gasteiger partial charge in [0.2, 0.25) is 11.8 Å². The third-order valence-electron chi connectivity index (χ3n) is 4.81. The van der Waals surface area contributed by atoms with Crippen LogP contribution in [0.5, 0.6) is 5.75 Å². The lowest BCUT2D eigenvalue weighted by Gasteiger charge is -2.23. The first-order chi connectivity index (χ1) is 15.3. The lowest BCUT2D eigenvalue weighted by atomic mass is 10.0. The molecule has 0 bridgehead atoms. The molecule has 0 radical (unpaired) electrons. The fourth-order valence-electron chi connectivity index (χ4n) is 3.25. The van der Waals surface area contributed by atoms with E-state index in [1.165, 1.54) is 14.0 Å². The Balaban J connectivity index is 2.02. The van der Waals surface area contributed by atoms with Crippen molar-refractivity contribution in [1.29, 1.82) is 0 Å². The molecule has 0 aromatic heterocycles. The lowest BCUT2D eigenvalue weighted by Crippen LogP contribution is -2.52. The molecular weight excluding hydrogens is 408 g/mol. The van der Waals surface area contributed by atoms with Crippen molar-refractivity contribution in [1.82, 2.24) is 10.6 Å². The summed E-state index contributed by atoms with van der Waals surface area (Å²) in [5.41, 5.74) is 1.91. The van der Waals surface area contributed by atoms with Crippen molar-refractivity contribution in [3.8, 4) is 5.75 Å². The zero-order valence-corrected chi connectivity index (χ0v) is 19.1. The van der Waals surface area contributed by atoms with Crippen molar-refractivity contribution in [2.24, 2.45) is 5.92 Å². The Kier molecular flexibility index (Phi) is 9.73. The molecule has 2 N–H and O–H groups in total. The molecule has 0 heterocycles. The number of esters is 1. The highest BCUT2D eigenvalue weighted by atomic mass is 16.5. The van der Waals surface area contributed by atoms with Gasteiger partial charge in [0, 0.05) is 13.3 Å². The summed E-state index contributed by atoms with van der Waals surface area (Å²) < 4.78 is 10.7. The predicted octanol–water partition coefficient (Wildman–Crippen LogP) is 3.02. The minimum atomic E-state index is -0.869. The number of nitrogens with one attached hydrogen (secondary N) is 2. The van der Waals surface area contributed by atoms with Crippen LogP contribution in [0.2, 0.25) is 0 Å². The van der Waals surface area contributed by atoms with E-state index in [-0.39, 0.29) is 18.2 Å². The fourth-order valence-corrected chi connectivity index (χ4v) is 3.25. The quantitative estimate of drug-likeness (QED) is 0.524. The number of benzene rings is 2. The van der Waals surface area contributed by atoms with Crippen LogP contribution >= 0.6 is 0 Å². The lowest BCUT2D eigenvalue weighted by molar-refractivity contribution is -0.145. The molecule has 0 spiro atoms. The number of carbonyl (C=O) groups excluding carboxylic acids is 3. The molecule has 2 rings (SSSR count). The highest BCUT2D eigenvalue weighted by Crippen LogP contribution is 2.16. The SMILES string of the molecule is COC(=O)[C@H](Cc1ccc(OCc2ccccc2)cc1)NC(=O)[C@H](CC(C)C)NC(C)=O. The Morgan fingerprint density at radius 1 is 0.875 bits per heavy atom. The fraction of sp³-hybridized carbons (Fsp3) is 0.400. The molecule has 0 aliphatic heterocycles. The van der Waals surface area contributed by atoms with Gasteiger partial charge in [-0.1, -0.05) is 56.3 Å². The normalized spacial score (nSPS) is 12.5. The van der Waals surface area contributed by atoms with E-state index < -0.39 is 24.0 Å². The molecule has 2 aromatic carbocycles.